The normalized spacial score (nSPS) is 17.9. The van der Waals surface area contributed by atoms with Gasteiger partial charge in [0.1, 0.15) is 0 Å². The summed E-state index contributed by atoms with van der Waals surface area (Å²) in [7, 11) is -6.73. The Morgan fingerprint density at radius 1 is 1.10 bits per heavy atom. The van der Waals surface area contributed by atoms with E-state index < -0.39 is 25.1 Å². The first-order valence-corrected chi connectivity index (χ1v) is 9.63. The van der Waals surface area contributed by atoms with Crippen molar-refractivity contribution in [2.24, 2.45) is 0 Å². The van der Waals surface area contributed by atoms with E-state index in [4.69, 9.17) is 0 Å². The van der Waals surface area contributed by atoms with Gasteiger partial charge in [0.25, 0.3) is 0 Å². The summed E-state index contributed by atoms with van der Waals surface area (Å²) < 4.78 is 49.3. The lowest BCUT2D eigenvalue weighted by Gasteiger charge is -2.37. The molecule has 112 valence electrons. The first-order valence-electron chi connectivity index (χ1n) is 6.47. The highest BCUT2D eigenvalue weighted by Gasteiger charge is 2.42. The summed E-state index contributed by atoms with van der Waals surface area (Å²) in [5, 5.41) is -0.561. The van der Waals surface area contributed by atoms with E-state index in [1.807, 2.05) is 13.8 Å². The highest BCUT2D eigenvalue weighted by molar-refractivity contribution is 7.92. The van der Waals surface area contributed by atoms with Crippen LogP contribution in [0, 0.1) is 13.8 Å². The monoisotopic (exact) mass is 317 g/mol. The second-order valence-corrected chi connectivity index (χ2v) is 9.65. The fraction of sp³-hybridized carbons (Fsp3) is 0.538. The molecule has 1 aliphatic rings. The third kappa shape index (κ3) is 2.62. The summed E-state index contributed by atoms with van der Waals surface area (Å²) in [6, 6.07) is 4.97. The summed E-state index contributed by atoms with van der Waals surface area (Å²) in [5.41, 5.74) is 1.93. The predicted molar refractivity (Wildman–Crippen MR) is 77.9 cm³/mol. The molecule has 0 bridgehead atoms. The molecule has 2 rings (SSSR count). The average Bonchev–Trinajstić information content (AvgIpc) is 2.29. The van der Waals surface area contributed by atoms with Gasteiger partial charge in [-0.05, 0) is 37.1 Å². The second kappa shape index (κ2) is 5.13. The Kier molecular flexibility index (Phi) is 3.96. The number of sulfonamides is 1. The van der Waals surface area contributed by atoms with Crippen LogP contribution in [0.15, 0.2) is 23.1 Å². The molecule has 1 aromatic carbocycles. The minimum Gasteiger partial charge on any atom is -0.228 e. The van der Waals surface area contributed by atoms with Crippen LogP contribution in [-0.4, -0.2) is 45.2 Å². The molecule has 0 aromatic heterocycles. The Labute approximate surface area is 120 Å². The summed E-state index contributed by atoms with van der Waals surface area (Å²) in [6.07, 6.45) is 0. The van der Waals surface area contributed by atoms with Gasteiger partial charge >= 0.3 is 0 Å². The summed E-state index contributed by atoms with van der Waals surface area (Å²) in [4.78, 5) is 0.230. The number of sulfone groups is 1. The number of hydrogen-bond acceptors (Lipinski definition) is 4. The van der Waals surface area contributed by atoms with E-state index in [9.17, 15) is 16.8 Å². The summed E-state index contributed by atoms with van der Waals surface area (Å²) in [6.45, 7) is 5.47. The number of hydrogen-bond donors (Lipinski definition) is 0. The minimum atomic E-state index is -3.57. The molecule has 1 aromatic rings. The Hall–Kier alpha value is -0.920. The predicted octanol–water partition coefficient (Wildman–Crippen LogP) is 1.11. The fourth-order valence-corrected chi connectivity index (χ4v) is 5.17. The largest absolute Gasteiger partial charge is 0.243 e. The molecule has 1 fully saturated rings. The Balaban J connectivity index is 2.20. The number of aryl methyl sites for hydroxylation is 2. The van der Waals surface area contributed by atoms with Crippen molar-refractivity contribution < 1.29 is 16.8 Å². The Morgan fingerprint density at radius 3 is 2.20 bits per heavy atom. The van der Waals surface area contributed by atoms with Gasteiger partial charge in [-0.15, -0.1) is 0 Å². The van der Waals surface area contributed by atoms with Gasteiger partial charge in [0.15, 0.2) is 9.84 Å². The molecule has 1 heterocycles. The van der Waals surface area contributed by atoms with Crippen LogP contribution < -0.4 is 0 Å². The number of rotatable bonds is 4. The van der Waals surface area contributed by atoms with Crippen molar-refractivity contribution in [2.45, 2.75) is 30.9 Å². The first-order chi connectivity index (χ1) is 9.18. The minimum absolute atomic E-state index is 0.0508. The van der Waals surface area contributed by atoms with Gasteiger partial charge in [-0.1, -0.05) is 13.0 Å². The lowest BCUT2D eigenvalue weighted by atomic mass is 10.1. The third-order valence-electron chi connectivity index (χ3n) is 3.84. The zero-order valence-corrected chi connectivity index (χ0v) is 13.5. The molecule has 0 atom stereocenters. The maximum Gasteiger partial charge on any atom is 0.243 e. The molecule has 0 unspecified atom stereocenters. The van der Waals surface area contributed by atoms with E-state index in [0.717, 1.165) is 11.1 Å². The number of nitrogens with zero attached hydrogens (tertiary/aromatic N) is 1. The molecular formula is C13H19NO4S2. The van der Waals surface area contributed by atoms with E-state index in [-0.39, 0.29) is 23.7 Å². The molecule has 0 radical (unpaired) electrons. The molecule has 5 nitrogen and oxygen atoms in total. The van der Waals surface area contributed by atoms with E-state index in [0.29, 0.717) is 0 Å². The quantitative estimate of drug-likeness (QED) is 0.834. The maximum absolute atomic E-state index is 12.4. The molecule has 0 aliphatic carbocycles. The van der Waals surface area contributed by atoms with Crippen molar-refractivity contribution in [3.8, 4) is 0 Å². The summed E-state index contributed by atoms with van der Waals surface area (Å²) >= 11 is 0. The van der Waals surface area contributed by atoms with Gasteiger partial charge in [-0.2, -0.15) is 4.31 Å². The van der Waals surface area contributed by atoms with Crippen molar-refractivity contribution in [2.75, 3.05) is 18.8 Å². The molecule has 1 aliphatic heterocycles. The molecule has 0 saturated carbocycles. The van der Waals surface area contributed by atoms with Gasteiger partial charge in [-0.25, -0.2) is 16.8 Å². The van der Waals surface area contributed by atoms with Crippen molar-refractivity contribution in [1.29, 1.82) is 0 Å². The average molecular weight is 317 g/mol. The third-order valence-corrected chi connectivity index (χ3v) is 7.79. The first kappa shape index (κ1) is 15.5. The highest BCUT2D eigenvalue weighted by Crippen LogP contribution is 2.26. The topological polar surface area (TPSA) is 71.5 Å². The second-order valence-electron chi connectivity index (χ2n) is 5.14. The SMILES string of the molecule is CCS(=O)(=O)C1CN(S(=O)(=O)c2ccc(C)c(C)c2)C1. The van der Waals surface area contributed by atoms with Crippen LogP contribution in [0.2, 0.25) is 0 Å². The van der Waals surface area contributed by atoms with E-state index in [1.54, 1.807) is 25.1 Å². The number of benzene rings is 1. The van der Waals surface area contributed by atoms with Crippen molar-refractivity contribution in [1.82, 2.24) is 4.31 Å². The van der Waals surface area contributed by atoms with E-state index in [1.165, 1.54) is 4.31 Å². The molecule has 20 heavy (non-hydrogen) atoms. The van der Waals surface area contributed by atoms with Gasteiger partial charge < -0.3 is 0 Å². The van der Waals surface area contributed by atoms with E-state index >= 15 is 0 Å². The van der Waals surface area contributed by atoms with Crippen LogP contribution in [0.25, 0.3) is 0 Å². The van der Waals surface area contributed by atoms with Crippen molar-refractivity contribution in [3.63, 3.8) is 0 Å². The lowest BCUT2D eigenvalue weighted by molar-refractivity contribution is 0.310. The lowest BCUT2D eigenvalue weighted by Crippen LogP contribution is -2.57. The smallest absolute Gasteiger partial charge is 0.228 e. The van der Waals surface area contributed by atoms with Crippen LogP contribution in [-0.2, 0) is 19.9 Å². The van der Waals surface area contributed by atoms with Crippen LogP contribution in [0.5, 0.6) is 0 Å². The van der Waals surface area contributed by atoms with Gasteiger partial charge in [0.2, 0.25) is 10.0 Å². The van der Waals surface area contributed by atoms with Crippen LogP contribution >= 0.6 is 0 Å². The highest BCUT2D eigenvalue weighted by atomic mass is 32.2. The van der Waals surface area contributed by atoms with Crippen molar-refractivity contribution >= 4 is 19.9 Å². The molecule has 0 amide bonds. The summed E-state index contributed by atoms with van der Waals surface area (Å²) in [5.74, 6) is 0.0508. The zero-order valence-electron chi connectivity index (χ0n) is 11.8. The molecule has 0 spiro atoms. The Bertz CT molecular complexity index is 717. The van der Waals surface area contributed by atoms with Crippen LogP contribution in [0.1, 0.15) is 18.1 Å². The van der Waals surface area contributed by atoms with Crippen LogP contribution in [0.3, 0.4) is 0 Å². The molecule has 0 N–H and O–H groups in total. The standard InChI is InChI=1S/C13H19NO4S2/c1-4-19(15,16)13-8-14(9-13)20(17,18)12-6-5-10(2)11(3)7-12/h5-7,13H,4,8-9H2,1-3H3. The molecule has 1 saturated heterocycles. The molecule has 7 heteroatoms. The molecular weight excluding hydrogens is 298 g/mol. The van der Waals surface area contributed by atoms with Crippen LogP contribution in [0.4, 0.5) is 0 Å². The maximum atomic E-state index is 12.4. The van der Waals surface area contributed by atoms with Crippen molar-refractivity contribution in [3.05, 3.63) is 29.3 Å². The van der Waals surface area contributed by atoms with E-state index in [2.05, 4.69) is 0 Å². The van der Waals surface area contributed by atoms with Gasteiger partial charge in [0, 0.05) is 18.8 Å². The van der Waals surface area contributed by atoms with Gasteiger partial charge in [0.05, 0.1) is 10.1 Å². The van der Waals surface area contributed by atoms with Gasteiger partial charge in [-0.3, -0.25) is 0 Å². The fourth-order valence-electron chi connectivity index (χ4n) is 2.08. The Morgan fingerprint density at radius 2 is 1.70 bits per heavy atom. The zero-order chi connectivity index (χ0) is 15.1.